The highest BCUT2D eigenvalue weighted by Crippen LogP contribution is 2.29. The van der Waals surface area contributed by atoms with E-state index in [0.717, 1.165) is 16.7 Å². The van der Waals surface area contributed by atoms with Crippen LogP contribution in [0.5, 0.6) is 11.5 Å². The molecule has 0 aliphatic carbocycles. The monoisotopic (exact) mass is 415 g/mol. The molecule has 0 radical (unpaired) electrons. The molecule has 1 N–H and O–H groups in total. The zero-order valence-electron chi connectivity index (χ0n) is 17.4. The second kappa shape index (κ2) is 8.27. The summed E-state index contributed by atoms with van der Waals surface area (Å²) in [6.45, 7) is 1.54. The minimum atomic E-state index is 0.0286. The number of nitrogens with one attached hydrogen (secondary N) is 1. The number of carbonyl (C=O) groups excluding carboxylic acids is 2. The number of anilines is 3. The van der Waals surface area contributed by atoms with Gasteiger partial charge in [0.15, 0.2) is 5.78 Å². The van der Waals surface area contributed by atoms with Gasteiger partial charge in [0.1, 0.15) is 17.3 Å². The molecule has 1 amide bonds. The fraction of sp³-hybridized carbons (Fsp3) is 0.130. The van der Waals surface area contributed by atoms with E-state index in [1.807, 2.05) is 41.9 Å². The third-order valence-electron chi connectivity index (χ3n) is 4.87. The van der Waals surface area contributed by atoms with Crippen molar-refractivity contribution in [2.24, 2.45) is 7.05 Å². The number of aryl methyl sites for hydroxylation is 1. The molecule has 0 bridgehead atoms. The normalized spacial score (nSPS) is 10.7. The number of hydrogen-bond donors (Lipinski definition) is 1. The molecule has 156 valence electrons. The minimum Gasteiger partial charge on any atom is -0.457 e. The SMILES string of the molecule is CC(=O)c1ccc(Nc2nc3cc(Oc4ccnc(N(C)C=O)c4)ccc3n2C)cc1. The smallest absolute Gasteiger partial charge is 0.215 e. The maximum absolute atomic E-state index is 11.4. The zero-order chi connectivity index (χ0) is 22.0. The van der Waals surface area contributed by atoms with Crippen LogP contribution in [0.2, 0.25) is 0 Å². The van der Waals surface area contributed by atoms with E-state index in [1.165, 1.54) is 4.90 Å². The number of ketones is 1. The van der Waals surface area contributed by atoms with Crippen molar-refractivity contribution in [1.29, 1.82) is 0 Å². The van der Waals surface area contributed by atoms with Crippen molar-refractivity contribution in [3.05, 3.63) is 66.4 Å². The second-order valence-electron chi connectivity index (χ2n) is 7.07. The topological polar surface area (TPSA) is 89.3 Å². The van der Waals surface area contributed by atoms with Crippen molar-refractivity contribution in [2.45, 2.75) is 6.92 Å². The molecule has 0 aliphatic heterocycles. The summed E-state index contributed by atoms with van der Waals surface area (Å²) in [7, 11) is 3.55. The quantitative estimate of drug-likeness (QED) is 0.358. The zero-order valence-corrected chi connectivity index (χ0v) is 17.4. The number of ether oxygens (including phenoxy) is 1. The molecule has 2 heterocycles. The first-order valence-corrected chi connectivity index (χ1v) is 9.61. The van der Waals surface area contributed by atoms with Gasteiger partial charge in [0.2, 0.25) is 12.4 Å². The number of benzene rings is 2. The van der Waals surface area contributed by atoms with E-state index >= 15 is 0 Å². The summed E-state index contributed by atoms with van der Waals surface area (Å²) in [5, 5.41) is 3.28. The summed E-state index contributed by atoms with van der Waals surface area (Å²) >= 11 is 0. The van der Waals surface area contributed by atoms with Gasteiger partial charge in [0.05, 0.1) is 11.0 Å². The van der Waals surface area contributed by atoms with Gasteiger partial charge in [-0.05, 0) is 49.4 Å². The number of pyridine rings is 1. The Kier molecular flexibility index (Phi) is 5.36. The Labute approximate surface area is 179 Å². The summed E-state index contributed by atoms with van der Waals surface area (Å²) in [6, 6.07) is 16.3. The largest absolute Gasteiger partial charge is 0.457 e. The number of nitrogens with zero attached hydrogens (tertiary/aromatic N) is 4. The number of Topliss-reactive ketones (excluding diaryl/α,β-unsaturated/α-hetero) is 1. The van der Waals surface area contributed by atoms with Gasteiger partial charge in [-0.15, -0.1) is 0 Å². The average Bonchev–Trinajstić information content (AvgIpc) is 3.08. The lowest BCUT2D eigenvalue weighted by atomic mass is 10.1. The third-order valence-corrected chi connectivity index (χ3v) is 4.87. The Morgan fingerprint density at radius 1 is 1.10 bits per heavy atom. The predicted molar refractivity (Wildman–Crippen MR) is 119 cm³/mol. The summed E-state index contributed by atoms with van der Waals surface area (Å²) in [5.41, 5.74) is 3.20. The van der Waals surface area contributed by atoms with Crippen LogP contribution in [0.4, 0.5) is 17.5 Å². The Hall–Kier alpha value is -4.20. The molecule has 2 aromatic carbocycles. The standard InChI is InChI=1S/C23H21N5O3/c1-15(30)16-4-6-17(7-5-16)25-23-26-20-12-18(8-9-21(20)28(23)3)31-19-10-11-24-22(13-19)27(2)14-29/h4-14H,1-3H3,(H,25,26). The predicted octanol–water partition coefficient (Wildman–Crippen LogP) is 4.30. The van der Waals surface area contributed by atoms with Crippen LogP contribution >= 0.6 is 0 Å². The van der Waals surface area contributed by atoms with Crippen molar-refractivity contribution in [3.63, 3.8) is 0 Å². The summed E-state index contributed by atoms with van der Waals surface area (Å²) in [6.07, 6.45) is 2.28. The molecule has 4 aromatic rings. The summed E-state index contributed by atoms with van der Waals surface area (Å²) < 4.78 is 7.89. The van der Waals surface area contributed by atoms with Crippen molar-refractivity contribution < 1.29 is 14.3 Å². The molecule has 0 spiro atoms. The van der Waals surface area contributed by atoms with Gasteiger partial charge in [-0.1, -0.05) is 0 Å². The first kappa shape index (κ1) is 20.1. The molecule has 4 rings (SSSR count). The molecule has 8 heteroatoms. The van der Waals surface area contributed by atoms with Crippen LogP contribution in [0.15, 0.2) is 60.8 Å². The maximum atomic E-state index is 11.4. The average molecular weight is 415 g/mol. The van der Waals surface area contributed by atoms with E-state index in [4.69, 9.17) is 4.74 Å². The van der Waals surface area contributed by atoms with Crippen molar-refractivity contribution >= 4 is 40.7 Å². The van der Waals surface area contributed by atoms with Gasteiger partial charge in [0, 0.05) is 43.7 Å². The molecule has 0 unspecified atom stereocenters. The molecular weight excluding hydrogens is 394 g/mol. The van der Waals surface area contributed by atoms with Crippen LogP contribution in [0.3, 0.4) is 0 Å². The molecule has 0 saturated heterocycles. The highest BCUT2D eigenvalue weighted by atomic mass is 16.5. The summed E-state index contributed by atoms with van der Waals surface area (Å²) in [4.78, 5) is 32.6. The van der Waals surface area contributed by atoms with E-state index in [9.17, 15) is 9.59 Å². The van der Waals surface area contributed by atoms with E-state index < -0.39 is 0 Å². The lowest BCUT2D eigenvalue weighted by Gasteiger charge is -2.11. The second-order valence-corrected chi connectivity index (χ2v) is 7.07. The third kappa shape index (κ3) is 4.23. The fourth-order valence-electron chi connectivity index (χ4n) is 3.12. The molecule has 0 saturated carbocycles. The number of hydrogen-bond acceptors (Lipinski definition) is 6. The highest BCUT2D eigenvalue weighted by molar-refractivity contribution is 5.94. The van der Waals surface area contributed by atoms with Gasteiger partial charge >= 0.3 is 0 Å². The van der Waals surface area contributed by atoms with Crippen molar-refractivity contribution in [3.8, 4) is 11.5 Å². The van der Waals surface area contributed by atoms with Gasteiger partial charge in [-0.3, -0.25) is 9.59 Å². The van der Waals surface area contributed by atoms with Crippen LogP contribution in [-0.4, -0.2) is 33.8 Å². The van der Waals surface area contributed by atoms with E-state index in [-0.39, 0.29) is 5.78 Å². The minimum absolute atomic E-state index is 0.0286. The van der Waals surface area contributed by atoms with E-state index in [2.05, 4.69) is 15.3 Å². The molecule has 0 aliphatic rings. The number of imidazole rings is 1. The van der Waals surface area contributed by atoms with Gasteiger partial charge in [-0.2, -0.15) is 0 Å². The van der Waals surface area contributed by atoms with Crippen LogP contribution in [0, 0.1) is 0 Å². The Morgan fingerprint density at radius 2 is 1.84 bits per heavy atom. The van der Waals surface area contributed by atoms with Crippen LogP contribution < -0.4 is 15.0 Å². The van der Waals surface area contributed by atoms with Crippen molar-refractivity contribution in [1.82, 2.24) is 14.5 Å². The van der Waals surface area contributed by atoms with Crippen LogP contribution in [0.25, 0.3) is 11.0 Å². The molecule has 0 atom stereocenters. The highest BCUT2D eigenvalue weighted by Gasteiger charge is 2.11. The summed E-state index contributed by atoms with van der Waals surface area (Å²) in [5.74, 6) is 2.38. The van der Waals surface area contributed by atoms with Gasteiger partial charge < -0.3 is 19.5 Å². The number of carbonyl (C=O) groups is 2. The molecule has 8 nitrogen and oxygen atoms in total. The fourth-order valence-corrected chi connectivity index (χ4v) is 3.12. The first-order chi connectivity index (χ1) is 14.9. The number of rotatable bonds is 7. The molecule has 0 fully saturated rings. The Balaban J connectivity index is 1.57. The molecular formula is C23H21N5O3. The number of fused-ring (bicyclic) bond motifs is 1. The van der Waals surface area contributed by atoms with E-state index in [0.29, 0.717) is 35.2 Å². The molecule has 2 aromatic heterocycles. The van der Waals surface area contributed by atoms with Crippen LogP contribution in [-0.2, 0) is 11.8 Å². The van der Waals surface area contributed by atoms with E-state index in [1.54, 1.807) is 44.4 Å². The maximum Gasteiger partial charge on any atom is 0.215 e. The van der Waals surface area contributed by atoms with Gasteiger partial charge in [-0.25, -0.2) is 9.97 Å². The Morgan fingerprint density at radius 3 is 2.55 bits per heavy atom. The lowest BCUT2D eigenvalue weighted by molar-refractivity contribution is -0.107. The van der Waals surface area contributed by atoms with Crippen LogP contribution in [0.1, 0.15) is 17.3 Å². The van der Waals surface area contributed by atoms with Crippen molar-refractivity contribution in [2.75, 3.05) is 17.3 Å². The van der Waals surface area contributed by atoms with Gasteiger partial charge in [0.25, 0.3) is 0 Å². The lowest BCUT2D eigenvalue weighted by Crippen LogP contribution is -2.14. The number of amides is 1. The molecule has 31 heavy (non-hydrogen) atoms. The Bertz CT molecular complexity index is 1260. The first-order valence-electron chi connectivity index (χ1n) is 9.61. The number of aromatic nitrogens is 3.